The van der Waals surface area contributed by atoms with Crippen LogP contribution < -0.4 is 15.8 Å². The summed E-state index contributed by atoms with van der Waals surface area (Å²) >= 11 is 0. The van der Waals surface area contributed by atoms with Crippen LogP contribution in [0.15, 0.2) is 24.3 Å². The van der Waals surface area contributed by atoms with Gasteiger partial charge in [0.05, 0.1) is 6.61 Å². The highest BCUT2D eigenvalue weighted by molar-refractivity contribution is 5.75. The molecule has 0 bridgehead atoms. The molecule has 1 unspecified atom stereocenters. The fourth-order valence-corrected chi connectivity index (χ4v) is 1.74. The SMILES string of the molecule is Cc1cccc(OCCCCC(=O)NCC(C)CN)c1. The number of rotatable bonds is 9. The summed E-state index contributed by atoms with van der Waals surface area (Å²) in [5.74, 6) is 1.33. The number of unbranched alkanes of at least 4 members (excludes halogenated alkanes) is 1. The summed E-state index contributed by atoms with van der Waals surface area (Å²) in [6.45, 7) is 5.98. The Hall–Kier alpha value is -1.55. The van der Waals surface area contributed by atoms with Gasteiger partial charge in [0.15, 0.2) is 0 Å². The zero-order chi connectivity index (χ0) is 14.8. The molecule has 0 heterocycles. The number of nitrogens with one attached hydrogen (secondary N) is 1. The highest BCUT2D eigenvalue weighted by Gasteiger charge is 2.04. The molecule has 0 spiro atoms. The molecule has 0 saturated heterocycles. The molecule has 0 saturated carbocycles. The predicted molar refractivity (Wildman–Crippen MR) is 81.8 cm³/mol. The molecule has 1 aromatic rings. The second-order valence-corrected chi connectivity index (χ2v) is 5.27. The van der Waals surface area contributed by atoms with Gasteiger partial charge in [0.1, 0.15) is 5.75 Å². The molecule has 1 aromatic carbocycles. The van der Waals surface area contributed by atoms with E-state index in [0.717, 1.165) is 18.6 Å². The Morgan fingerprint density at radius 3 is 2.90 bits per heavy atom. The van der Waals surface area contributed by atoms with E-state index < -0.39 is 0 Å². The first kappa shape index (κ1) is 16.5. The van der Waals surface area contributed by atoms with Gasteiger partial charge < -0.3 is 15.8 Å². The van der Waals surface area contributed by atoms with Crippen LogP contribution in [0.2, 0.25) is 0 Å². The molecule has 0 aliphatic carbocycles. The largest absolute Gasteiger partial charge is 0.494 e. The second kappa shape index (κ2) is 9.37. The van der Waals surface area contributed by atoms with Gasteiger partial charge in [-0.15, -0.1) is 0 Å². The topological polar surface area (TPSA) is 64.3 Å². The van der Waals surface area contributed by atoms with Crippen molar-refractivity contribution in [2.75, 3.05) is 19.7 Å². The highest BCUT2D eigenvalue weighted by Crippen LogP contribution is 2.12. The number of carbonyl (C=O) groups is 1. The minimum atomic E-state index is 0.0980. The Labute approximate surface area is 121 Å². The lowest BCUT2D eigenvalue weighted by atomic mass is 10.2. The van der Waals surface area contributed by atoms with Gasteiger partial charge in [0.25, 0.3) is 0 Å². The number of hydrogen-bond donors (Lipinski definition) is 2. The van der Waals surface area contributed by atoms with Crippen molar-refractivity contribution in [1.82, 2.24) is 5.32 Å². The molecule has 4 nitrogen and oxygen atoms in total. The van der Waals surface area contributed by atoms with Crippen LogP contribution in [0.4, 0.5) is 0 Å². The number of carbonyl (C=O) groups excluding carboxylic acids is 1. The minimum Gasteiger partial charge on any atom is -0.494 e. The van der Waals surface area contributed by atoms with Crippen LogP contribution in [-0.2, 0) is 4.79 Å². The summed E-state index contributed by atoms with van der Waals surface area (Å²) in [5, 5.41) is 2.89. The first-order valence-electron chi connectivity index (χ1n) is 7.28. The molecule has 1 atom stereocenters. The fraction of sp³-hybridized carbons (Fsp3) is 0.562. The van der Waals surface area contributed by atoms with Crippen LogP contribution in [0.25, 0.3) is 0 Å². The van der Waals surface area contributed by atoms with E-state index in [-0.39, 0.29) is 5.91 Å². The molecule has 1 amide bonds. The van der Waals surface area contributed by atoms with Crippen molar-refractivity contribution < 1.29 is 9.53 Å². The van der Waals surface area contributed by atoms with Gasteiger partial charge in [0.2, 0.25) is 5.91 Å². The van der Waals surface area contributed by atoms with Gasteiger partial charge in [-0.05, 0) is 49.9 Å². The number of amides is 1. The van der Waals surface area contributed by atoms with Crippen molar-refractivity contribution in [3.63, 3.8) is 0 Å². The Morgan fingerprint density at radius 1 is 1.40 bits per heavy atom. The van der Waals surface area contributed by atoms with Crippen molar-refractivity contribution in [3.8, 4) is 5.75 Å². The van der Waals surface area contributed by atoms with Crippen molar-refractivity contribution in [2.24, 2.45) is 11.7 Å². The standard InChI is InChI=1S/C16H26N2O2/c1-13-6-5-7-15(10-13)20-9-4-3-8-16(19)18-12-14(2)11-17/h5-7,10,14H,3-4,8-9,11-12,17H2,1-2H3,(H,18,19). The Morgan fingerprint density at radius 2 is 2.20 bits per heavy atom. The summed E-state index contributed by atoms with van der Waals surface area (Å²) in [6.07, 6.45) is 2.27. The van der Waals surface area contributed by atoms with Gasteiger partial charge in [-0.2, -0.15) is 0 Å². The smallest absolute Gasteiger partial charge is 0.220 e. The monoisotopic (exact) mass is 278 g/mol. The second-order valence-electron chi connectivity index (χ2n) is 5.27. The van der Waals surface area contributed by atoms with Crippen molar-refractivity contribution in [3.05, 3.63) is 29.8 Å². The molecule has 0 fully saturated rings. The maximum Gasteiger partial charge on any atom is 0.220 e. The number of benzene rings is 1. The first-order chi connectivity index (χ1) is 9.61. The van der Waals surface area contributed by atoms with Gasteiger partial charge in [-0.25, -0.2) is 0 Å². The zero-order valence-corrected chi connectivity index (χ0v) is 12.5. The highest BCUT2D eigenvalue weighted by atomic mass is 16.5. The number of nitrogens with two attached hydrogens (primary N) is 1. The molecular weight excluding hydrogens is 252 g/mol. The lowest BCUT2D eigenvalue weighted by Crippen LogP contribution is -2.31. The Bertz CT molecular complexity index is 407. The van der Waals surface area contributed by atoms with Crippen LogP contribution in [0, 0.1) is 12.8 Å². The molecule has 3 N–H and O–H groups in total. The van der Waals surface area contributed by atoms with E-state index in [9.17, 15) is 4.79 Å². The molecule has 0 aromatic heterocycles. The summed E-state index contributed by atoms with van der Waals surface area (Å²) in [6, 6.07) is 7.99. The van der Waals surface area contributed by atoms with Gasteiger partial charge in [-0.1, -0.05) is 19.1 Å². The van der Waals surface area contributed by atoms with E-state index in [4.69, 9.17) is 10.5 Å². The quantitative estimate of drug-likeness (QED) is 0.681. The molecule has 0 radical (unpaired) electrons. The van der Waals surface area contributed by atoms with E-state index in [0.29, 0.717) is 32.0 Å². The maximum atomic E-state index is 11.5. The van der Waals surface area contributed by atoms with Gasteiger partial charge in [-0.3, -0.25) is 4.79 Å². The van der Waals surface area contributed by atoms with Crippen molar-refractivity contribution in [2.45, 2.75) is 33.1 Å². The third-order valence-corrected chi connectivity index (χ3v) is 3.11. The zero-order valence-electron chi connectivity index (χ0n) is 12.5. The third-order valence-electron chi connectivity index (χ3n) is 3.11. The first-order valence-corrected chi connectivity index (χ1v) is 7.28. The normalized spacial score (nSPS) is 11.9. The van der Waals surface area contributed by atoms with Crippen LogP contribution in [0.3, 0.4) is 0 Å². The number of ether oxygens (including phenoxy) is 1. The summed E-state index contributed by atoms with van der Waals surface area (Å²) in [7, 11) is 0. The third kappa shape index (κ3) is 7.14. The average Bonchev–Trinajstić information content (AvgIpc) is 2.44. The van der Waals surface area contributed by atoms with Crippen LogP contribution in [0.5, 0.6) is 5.75 Å². The van der Waals surface area contributed by atoms with Crippen molar-refractivity contribution >= 4 is 5.91 Å². The fourth-order valence-electron chi connectivity index (χ4n) is 1.74. The predicted octanol–water partition coefficient (Wildman–Crippen LogP) is 2.26. The summed E-state index contributed by atoms with van der Waals surface area (Å²) in [5.41, 5.74) is 6.69. The summed E-state index contributed by atoms with van der Waals surface area (Å²) < 4.78 is 5.64. The molecule has 1 rings (SSSR count). The average molecular weight is 278 g/mol. The van der Waals surface area contributed by atoms with Crippen molar-refractivity contribution in [1.29, 1.82) is 0 Å². The van der Waals surface area contributed by atoms with Gasteiger partial charge >= 0.3 is 0 Å². The molecule has 112 valence electrons. The van der Waals surface area contributed by atoms with E-state index in [2.05, 4.69) is 5.32 Å². The molecule has 20 heavy (non-hydrogen) atoms. The Kier molecular flexibility index (Phi) is 7.73. The van der Waals surface area contributed by atoms with Crippen LogP contribution in [0.1, 0.15) is 31.7 Å². The maximum absolute atomic E-state index is 11.5. The van der Waals surface area contributed by atoms with E-state index in [1.165, 1.54) is 5.56 Å². The lowest BCUT2D eigenvalue weighted by Gasteiger charge is -2.10. The minimum absolute atomic E-state index is 0.0980. The number of aryl methyl sites for hydroxylation is 1. The van der Waals surface area contributed by atoms with Gasteiger partial charge in [0, 0.05) is 13.0 Å². The molecule has 4 heteroatoms. The van der Waals surface area contributed by atoms with Crippen LogP contribution >= 0.6 is 0 Å². The number of hydrogen-bond acceptors (Lipinski definition) is 3. The van der Waals surface area contributed by atoms with E-state index in [1.807, 2.05) is 38.1 Å². The molecule has 0 aliphatic rings. The Balaban J connectivity index is 2.06. The van der Waals surface area contributed by atoms with E-state index in [1.54, 1.807) is 0 Å². The molecular formula is C16H26N2O2. The lowest BCUT2D eigenvalue weighted by molar-refractivity contribution is -0.121. The van der Waals surface area contributed by atoms with E-state index >= 15 is 0 Å². The molecule has 0 aliphatic heterocycles. The van der Waals surface area contributed by atoms with Crippen LogP contribution in [-0.4, -0.2) is 25.6 Å². The summed E-state index contributed by atoms with van der Waals surface area (Å²) in [4.78, 5) is 11.5.